The van der Waals surface area contributed by atoms with E-state index < -0.39 is 5.60 Å². The quantitative estimate of drug-likeness (QED) is 0.306. The highest BCUT2D eigenvalue weighted by atomic mass is 16.7. The molecule has 0 aliphatic rings. The molecule has 3 heteroatoms. The zero-order chi connectivity index (χ0) is 11.7. The summed E-state index contributed by atoms with van der Waals surface area (Å²) < 4.78 is 9.67. The molecule has 1 atom stereocenters. The number of hydrogen-bond acceptors (Lipinski definition) is 3. The zero-order valence-corrected chi connectivity index (χ0v) is 10.1. The molecule has 0 fully saturated rings. The van der Waals surface area contributed by atoms with Crippen LogP contribution in [-0.2, 0) is 9.47 Å². The predicted octanol–water partition coefficient (Wildman–Crippen LogP) is 2.62. The summed E-state index contributed by atoms with van der Waals surface area (Å²) >= 11 is 0. The third-order valence-electron chi connectivity index (χ3n) is 1.91. The van der Waals surface area contributed by atoms with E-state index >= 15 is 0 Å². The fraction of sp³-hybridized carbons (Fsp3) is 0.667. The maximum atomic E-state index is 9.89. The Morgan fingerprint density at radius 3 is 2.60 bits per heavy atom. The van der Waals surface area contributed by atoms with Crippen LogP contribution in [0.3, 0.4) is 0 Å². The molecule has 0 aromatic heterocycles. The molecule has 0 heterocycles. The van der Waals surface area contributed by atoms with Crippen LogP contribution < -0.4 is 0 Å². The van der Waals surface area contributed by atoms with E-state index in [1.54, 1.807) is 20.1 Å². The van der Waals surface area contributed by atoms with Crippen molar-refractivity contribution in [3.05, 3.63) is 24.0 Å². The molecule has 0 rings (SSSR count). The Morgan fingerprint density at radius 2 is 2.07 bits per heavy atom. The maximum Gasteiger partial charge on any atom is 0.187 e. The van der Waals surface area contributed by atoms with Gasteiger partial charge >= 0.3 is 0 Å². The maximum absolute atomic E-state index is 9.89. The minimum absolute atomic E-state index is 0.209. The first-order chi connectivity index (χ1) is 6.98. The topological polar surface area (TPSA) is 38.7 Å². The largest absolute Gasteiger partial charge is 0.475 e. The van der Waals surface area contributed by atoms with Gasteiger partial charge in [0, 0.05) is 7.11 Å². The van der Waals surface area contributed by atoms with Crippen LogP contribution in [0.5, 0.6) is 0 Å². The summed E-state index contributed by atoms with van der Waals surface area (Å²) in [6.07, 6.45) is 6.78. The van der Waals surface area contributed by atoms with Gasteiger partial charge in [-0.25, -0.2) is 0 Å². The summed E-state index contributed by atoms with van der Waals surface area (Å²) in [7, 11) is 1.56. The molecule has 0 radical (unpaired) electrons. The van der Waals surface area contributed by atoms with Crippen LogP contribution in [0, 0.1) is 0 Å². The molecule has 0 amide bonds. The summed E-state index contributed by atoms with van der Waals surface area (Å²) in [5.74, 6) is 0. The van der Waals surface area contributed by atoms with E-state index in [1.807, 2.05) is 13.8 Å². The highest BCUT2D eigenvalue weighted by molar-refractivity contribution is 4.99. The fourth-order valence-corrected chi connectivity index (χ4v) is 1.04. The van der Waals surface area contributed by atoms with Crippen LogP contribution in [0.2, 0.25) is 0 Å². The Balaban J connectivity index is 3.85. The zero-order valence-electron chi connectivity index (χ0n) is 10.1. The molecule has 0 spiro atoms. The lowest BCUT2D eigenvalue weighted by molar-refractivity contribution is 0.0162. The summed E-state index contributed by atoms with van der Waals surface area (Å²) in [6.45, 7) is 6.07. The van der Waals surface area contributed by atoms with Crippen molar-refractivity contribution in [3.8, 4) is 0 Å². The molecule has 1 unspecified atom stereocenters. The van der Waals surface area contributed by atoms with Crippen LogP contribution in [0.4, 0.5) is 0 Å². The molecule has 15 heavy (non-hydrogen) atoms. The third kappa shape index (κ3) is 9.50. The van der Waals surface area contributed by atoms with E-state index in [1.165, 1.54) is 11.8 Å². The second-order valence-electron chi connectivity index (χ2n) is 4.05. The van der Waals surface area contributed by atoms with Gasteiger partial charge in [0.2, 0.25) is 0 Å². The second kappa shape index (κ2) is 7.49. The Labute approximate surface area is 92.4 Å². The summed E-state index contributed by atoms with van der Waals surface area (Å²) in [4.78, 5) is 0. The average molecular weight is 214 g/mol. The molecule has 0 bridgehead atoms. The van der Waals surface area contributed by atoms with Gasteiger partial charge in [-0.2, -0.15) is 0 Å². The lowest BCUT2D eigenvalue weighted by Crippen LogP contribution is -2.20. The molecule has 0 saturated carbocycles. The van der Waals surface area contributed by atoms with Gasteiger partial charge in [-0.1, -0.05) is 11.6 Å². The van der Waals surface area contributed by atoms with Crippen molar-refractivity contribution < 1.29 is 14.6 Å². The minimum Gasteiger partial charge on any atom is -0.475 e. The number of rotatable bonds is 7. The van der Waals surface area contributed by atoms with Gasteiger partial charge in [-0.3, -0.25) is 0 Å². The van der Waals surface area contributed by atoms with E-state index in [2.05, 4.69) is 6.08 Å². The molecule has 3 nitrogen and oxygen atoms in total. The van der Waals surface area contributed by atoms with Gasteiger partial charge in [-0.15, -0.1) is 0 Å². The highest BCUT2D eigenvalue weighted by Crippen LogP contribution is 2.14. The molecule has 0 saturated heterocycles. The molecule has 0 aromatic carbocycles. The van der Waals surface area contributed by atoms with Crippen molar-refractivity contribution in [2.24, 2.45) is 0 Å². The second-order valence-corrected chi connectivity index (χ2v) is 4.05. The van der Waals surface area contributed by atoms with Crippen molar-refractivity contribution in [2.75, 3.05) is 13.9 Å². The first kappa shape index (κ1) is 14.2. The summed E-state index contributed by atoms with van der Waals surface area (Å²) in [5.41, 5.74) is 0.449. The SMILES string of the molecule is COCO/C=C/C(C)(O)CCC=C(C)C. The fourth-order valence-electron chi connectivity index (χ4n) is 1.04. The van der Waals surface area contributed by atoms with Crippen LogP contribution in [0.1, 0.15) is 33.6 Å². The van der Waals surface area contributed by atoms with E-state index in [0.29, 0.717) is 6.42 Å². The Kier molecular flexibility index (Phi) is 7.09. The Morgan fingerprint density at radius 1 is 1.40 bits per heavy atom. The smallest absolute Gasteiger partial charge is 0.187 e. The average Bonchev–Trinajstić information content (AvgIpc) is 2.11. The monoisotopic (exact) mass is 214 g/mol. The lowest BCUT2D eigenvalue weighted by atomic mass is 10.00. The molecule has 1 N–H and O–H groups in total. The molecule has 0 aromatic rings. The van der Waals surface area contributed by atoms with Crippen molar-refractivity contribution in [2.45, 2.75) is 39.2 Å². The van der Waals surface area contributed by atoms with Crippen molar-refractivity contribution >= 4 is 0 Å². The molecule has 88 valence electrons. The van der Waals surface area contributed by atoms with Crippen LogP contribution in [0.25, 0.3) is 0 Å². The molecular formula is C12H22O3. The molecular weight excluding hydrogens is 192 g/mol. The number of methoxy groups -OCH3 is 1. The van der Waals surface area contributed by atoms with E-state index in [4.69, 9.17) is 9.47 Å². The lowest BCUT2D eigenvalue weighted by Gasteiger charge is -2.17. The number of allylic oxidation sites excluding steroid dienone is 2. The minimum atomic E-state index is -0.820. The van der Waals surface area contributed by atoms with Crippen LogP contribution in [0.15, 0.2) is 24.0 Å². The van der Waals surface area contributed by atoms with Gasteiger partial charge in [-0.05, 0) is 39.7 Å². The predicted molar refractivity (Wildman–Crippen MR) is 61.4 cm³/mol. The normalized spacial score (nSPS) is 15.0. The highest BCUT2D eigenvalue weighted by Gasteiger charge is 2.14. The van der Waals surface area contributed by atoms with Crippen LogP contribution >= 0.6 is 0 Å². The molecule has 0 aliphatic carbocycles. The Bertz CT molecular complexity index is 213. The Hall–Kier alpha value is -0.800. The van der Waals surface area contributed by atoms with Gasteiger partial charge in [0.25, 0.3) is 0 Å². The van der Waals surface area contributed by atoms with Gasteiger partial charge in [0.05, 0.1) is 11.9 Å². The number of hydrogen-bond donors (Lipinski definition) is 1. The number of aliphatic hydroxyl groups is 1. The van der Waals surface area contributed by atoms with E-state index in [9.17, 15) is 5.11 Å². The van der Waals surface area contributed by atoms with Gasteiger partial charge < -0.3 is 14.6 Å². The third-order valence-corrected chi connectivity index (χ3v) is 1.91. The van der Waals surface area contributed by atoms with Crippen molar-refractivity contribution in [1.29, 1.82) is 0 Å². The van der Waals surface area contributed by atoms with Crippen LogP contribution in [-0.4, -0.2) is 24.6 Å². The van der Waals surface area contributed by atoms with Crippen molar-refractivity contribution in [3.63, 3.8) is 0 Å². The standard InChI is InChI=1S/C12H22O3/c1-11(2)6-5-7-12(3,13)8-9-15-10-14-4/h6,8-9,13H,5,7,10H2,1-4H3/b9-8+. The summed E-state index contributed by atoms with van der Waals surface area (Å²) in [5, 5.41) is 9.89. The number of ether oxygens (including phenoxy) is 2. The summed E-state index contributed by atoms with van der Waals surface area (Å²) in [6, 6.07) is 0. The first-order valence-corrected chi connectivity index (χ1v) is 5.12. The van der Waals surface area contributed by atoms with E-state index in [-0.39, 0.29) is 6.79 Å². The van der Waals surface area contributed by atoms with Gasteiger partial charge in [0.1, 0.15) is 0 Å². The van der Waals surface area contributed by atoms with Gasteiger partial charge in [0.15, 0.2) is 6.79 Å². The van der Waals surface area contributed by atoms with Crippen molar-refractivity contribution in [1.82, 2.24) is 0 Å². The molecule has 0 aliphatic heterocycles. The van der Waals surface area contributed by atoms with E-state index in [0.717, 1.165) is 6.42 Å². The first-order valence-electron chi connectivity index (χ1n) is 5.12.